The van der Waals surface area contributed by atoms with E-state index in [-0.39, 0.29) is 10.4 Å². The molecule has 86 valence electrons. The van der Waals surface area contributed by atoms with Crippen molar-refractivity contribution in [2.45, 2.75) is 0 Å². The Morgan fingerprint density at radius 3 is 2.76 bits per heavy atom. The number of aryl methyl sites for hydroxylation is 1. The van der Waals surface area contributed by atoms with Crippen LogP contribution in [-0.4, -0.2) is 29.3 Å². The number of hydrogen-bond acceptors (Lipinski definition) is 4. The van der Waals surface area contributed by atoms with Crippen molar-refractivity contribution in [1.82, 2.24) is 29.3 Å². The molecule has 8 heteroatoms. The Hall–Kier alpha value is -1.66. The molecule has 0 aliphatic rings. The Morgan fingerprint density at radius 2 is 2.06 bits per heavy atom. The van der Waals surface area contributed by atoms with Crippen molar-refractivity contribution >= 4 is 34.4 Å². The quantitative estimate of drug-likeness (QED) is 0.499. The number of fused-ring (bicyclic) bond motifs is 1. The van der Waals surface area contributed by atoms with Crippen LogP contribution in [0.1, 0.15) is 0 Å². The summed E-state index contributed by atoms with van der Waals surface area (Å²) in [7, 11) is 1.83. The number of hydrogen-bond donors (Lipinski definition) is 0. The largest absolute Gasteiger partial charge is 0.280 e. The van der Waals surface area contributed by atoms with Gasteiger partial charge in [-0.05, 0) is 11.6 Å². The molecule has 17 heavy (non-hydrogen) atoms. The Kier molecular flexibility index (Phi) is 2.27. The molecule has 0 amide bonds. The molecule has 3 aromatic heterocycles. The predicted octanol–water partition coefficient (Wildman–Crippen LogP) is 1.86. The molecule has 0 saturated heterocycles. The summed E-state index contributed by atoms with van der Waals surface area (Å²) in [6.07, 6.45) is 5.15. The number of imidazole rings is 1. The van der Waals surface area contributed by atoms with Gasteiger partial charge in [-0.2, -0.15) is 10.1 Å². The molecule has 3 rings (SSSR count). The molecule has 0 aliphatic carbocycles. The highest BCUT2D eigenvalue weighted by Gasteiger charge is 2.12. The lowest BCUT2D eigenvalue weighted by Crippen LogP contribution is -1.94. The van der Waals surface area contributed by atoms with Crippen molar-refractivity contribution in [3.8, 4) is 5.69 Å². The highest BCUT2D eigenvalue weighted by atomic mass is 35.5. The molecule has 0 radical (unpaired) electrons. The van der Waals surface area contributed by atoms with Gasteiger partial charge in [0.2, 0.25) is 5.28 Å². The van der Waals surface area contributed by atoms with Crippen LogP contribution < -0.4 is 0 Å². The van der Waals surface area contributed by atoms with E-state index in [1.54, 1.807) is 21.8 Å². The van der Waals surface area contributed by atoms with Crippen molar-refractivity contribution in [1.29, 1.82) is 0 Å². The molecule has 3 heterocycles. The van der Waals surface area contributed by atoms with Crippen LogP contribution in [0.5, 0.6) is 0 Å². The third kappa shape index (κ3) is 1.65. The molecule has 0 aliphatic heterocycles. The SMILES string of the molecule is Cn1cc(-n2cnc3c(Cl)nc(Cl)nc32)cn1. The Bertz CT molecular complexity index is 701. The zero-order valence-electron chi connectivity index (χ0n) is 8.67. The molecule has 0 unspecified atom stereocenters. The van der Waals surface area contributed by atoms with Gasteiger partial charge < -0.3 is 0 Å². The van der Waals surface area contributed by atoms with E-state index in [0.29, 0.717) is 11.2 Å². The lowest BCUT2D eigenvalue weighted by Gasteiger charge is -1.99. The van der Waals surface area contributed by atoms with Crippen molar-refractivity contribution in [3.05, 3.63) is 29.2 Å². The fourth-order valence-corrected chi connectivity index (χ4v) is 1.98. The van der Waals surface area contributed by atoms with E-state index in [1.165, 1.54) is 0 Å². The maximum atomic E-state index is 5.94. The maximum Gasteiger partial charge on any atom is 0.225 e. The van der Waals surface area contributed by atoms with Gasteiger partial charge in [-0.15, -0.1) is 0 Å². The maximum absolute atomic E-state index is 5.94. The first-order valence-corrected chi connectivity index (χ1v) is 5.46. The minimum absolute atomic E-state index is 0.0909. The first-order valence-electron chi connectivity index (χ1n) is 4.70. The minimum Gasteiger partial charge on any atom is -0.280 e. The smallest absolute Gasteiger partial charge is 0.225 e. The van der Waals surface area contributed by atoms with E-state index in [2.05, 4.69) is 20.1 Å². The highest BCUT2D eigenvalue weighted by Crippen LogP contribution is 2.22. The number of aromatic nitrogens is 6. The number of nitrogens with zero attached hydrogens (tertiary/aromatic N) is 6. The van der Waals surface area contributed by atoms with Crippen LogP contribution in [-0.2, 0) is 7.05 Å². The van der Waals surface area contributed by atoms with E-state index in [4.69, 9.17) is 23.2 Å². The lowest BCUT2D eigenvalue weighted by molar-refractivity contribution is 0.767. The molecule has 0 spiro atoms. The standard InChI is InChI=1S/C9H6Cl2N6/c1-16-3-5(2-13-16)17-4-12-6-7(10)14-9(11)15-8(6)17/h2-4H,1H3. The summed E-state index contributed by atoms with van der Waals surface area (Å²) >= 11 is 11.7. The Labute approximate surface area is 106 Å². The van der Waals surface area contributed by atoms with Gasteiger partial charge in [-0.25, -0.2) is 9.97 Å². The second kappa shape index (κ2) is 3.68. The Balaban J connectivity index is 2.31. The minimum atomic E-state index is 0.0909. The number of halogens is 2. The van der Waals surface area contributed by atoms with Crippen molar-refractivity contribution in [3.63, 3.8) is 0 Å². The monoisotopic (exact) mass is 268 g/mol. The summed E-state index contributed by atoms with van der Waals surface area (Å²) < 4.78 is 3.44. The van der Waals surface area contributed by atoms with Crippen LogP contribution in [0.3, 0.4) is 0 Å². The van der Waals surface area contributed by atoms with Gasteiger partial charge in [0.05, 0.1) is 11.9 Å². The summed E-state index contributed by atoms with van der Waals surface area (Å²) in [4.78, 5) is 12.1. The third-order valence-corrected chi connectivity index (χ3v) is 2.73. The van der Waals surface area contributed by atoms with Gasteiger partial charge in [0.15, 0.2) is 10.8 Å². The first kappa shape index (κ1) is 10.5. The average molecular weight is 269 g/mol. The van der Waals surface area contributed by atoms with Gasteiger partial charge >= 0.3 is 0 Å². The Morgan fingerprint density at radius 1 is 1.24 bits per heavy atom. The van der Waals surface area contributed by atoms with Crippen LogP contribution in [0.25, 0.3) is 16.9 Å². The average Bonchev–Trinajstić information content (AvgIpc) is 2.83. The molecule has 0 N–H and O–H groups in total. The second-order valence-electron chi connectivity index (χ2n) is 3.44. The molecule has 0 aromatic carbocycles. The van der Waals surface area contributed by atoms with Gasteiger partial charge in [0.25, 0.3) is 0 Å². The molecular formula is C9H6Cl2N6. The summed E-state index contributed by atoms with van der Waals surface area (Å²) in [5, 5.41) is 4.41. The van der Waals surface area contributed by atoms with Crippen molar-refractivity contribution in [2.75, 3.05) is 0 Å². The fraction of sp³-hybridized carbons (Fsp3) is 0.111. The van der Waals surface area contributed by atoms with Gasteiger partial charge in [0.1, 0.15) is 11.8 Å². The van der Waals surface area contributed by atoms with Crippen LogP contribution in [0.15, 0.2) is 18.7 Å². The summed E-state index contributed by atoms with van der Waals surface area (Å²) in [5.74, 6) is 0. The van der Waals surface area contributed by atoms with Gasteiger partial charge in [-0.1, -0.05) is 11.6 Å². The molecular weight excluding hydrogens is 263 g/mol. The van der Waals surface area contributed by atoms with Crippen LogP contribution in [0, 0.1) is 0 Å². The van der Waals surface area contributed by atoms with E-state index < -0.39 is 0 Å². The van der Waals surface area contributed by atoms with E-state index in [0.717, 1.165) is 5.69 Å². The topological polar surface area (TPSA) is 61.4 Å². The lowest BCUT2D eigenvalue weighted by atomic mass is 10.5. The van der Waals surface area contributed by atoms with E-state index in [9.17, 15) is 0 Å². The third-order valence-electron chi connectivity index (χ3n) is 2.30. The first-order chi connectivity index (χ1) is 8.15. The normalized spacial score (nSPS) is 11.2. The van der Waals surface area contributed by atoms with E-state index in [1.807, 2.05) is 13.2 Å². The molecule has 0 bridgehead atoms. The predicted molar refractivity (Wildman–Crippen MR) is 63.4 cm³/mol. The van der Waals surface area contributed by atoms with Gasteiger partial charge in [-0.3, -0.25) is 9.25 Å². The summed E-state index contributed by atoms with van der Waals surface area (Å²) in [6, 6.07) is 0. The van der Waals surface area contributed by atoms with Gasteiger partial charge in [0, 0.05) is 13.2 Å². The molecule has 0 fully saturated rings. The molecule has 6 nitrogen and oxygen atoms in total. The summed E-state index contributed by atoms with van der Waals surface area (Å²) in [6.45, 7) is 0. The van der Waals surface area contributed by atoms with Crippen molar-refractivity contribution in [2.24, 2.45) is 7.05 Å². The number of rotatable bonds is 1. The highest BCUT2D eigenvalue weighted by molar-refractivity contribution is 6.35. The van der Waals surface area contributed by atoms with Crippen molar-refractivity contribution < 1.29 is 0 Å². The molecule has 0 saturated carbocycles. The molecule has 3 aromatic rings. The van der Waals surface area contributed by atoms with Crippen LogP contribution in [0.2, 0.25) is 10.4 Å². The summed E-state index contributed by atoms with van der Waals surface area (Å²) in [5.41, 5.74) is 1.91. The zero-order chi connectivity index (χ0) is 12.0. The molecule has 0 atom stereocenters. The van der Waals surface area contributed by atoms with Crippen LogP contribution in [0.4, 0.5) is 0 Å². The fourth-order valence-electron chi connectivity index (χ4n) is 1.56. The van der Waals surface area contributed by atoms with E-state index >= 15 is 0 Å². The zero-order valence-corrected chi connectivity index (χ0v) is 10.2. The van der Waals surface area contributed by atoms with Crippen LogP contribution >= 0.6 is 23.2 Å². The second-order valence-corrected chi connectivity index (χ2v) is 4.14.